The maximum absolute atomic E-state index is 13.4. The van der Waals surface area contributed by atoms with Crippen molar-refractivity contribution in [3.8, 4) is 0 Å². The average molecular weight is 368 g/mol. The summed E-state index contributed by atoms with van der Waals surface area (Å²) in [5.41, 5.74) is 1.70. The molecule has 0 spiro atoms. The predicted molar refractivity (Wildman–Crippen MR) is 102 cm³/mol. The standard InChI is InChI=1S/C20H21FN4O2/c1-3-12(2)17(24-18(26)13-7-6-8-14(21)11-13)19(27)25-20-22-15-9-4-5-10-16(15)23-20/h4-12,17H,3H2,1-2H3,(H,24,26)(H2,22,23,25,27)/t12-,17+/m1/s1. The molecule has 0 aliphatic carbocycles. The lowest BCUT2D eigenvalue weighted by Crippen LogP contribution is -2.47. The summed E-state index contributed by atoms with van der Waals surface area (Å²) < 4.78 is 13.4. The quantitative estimate of drug-likeness (QED) is 0.622. The topological polar surface area (TPSA) is 86.9 Å². The maximum Gasteiger partial charge on any atom is 0.252 e. The number of carbonyl (C=O) groups excluding carboxylic acids is 2. The van der Waals surface area contributed by atoms with Crippen molar-refractivity contribution in [3.05, 3.63) is 59.9 Å². The molecule has 0 saturated heterocycles. The number of amides is 2. The Bertz CT molecular complexity index is 936. The summed E-state index contributed by atoms with van der Waals surface area (Å²) in [6.45, 7) is 3.80. The molecule has 0 saturated carbocycles. The predicted octanol–water partition coefficient (Wildman–Crippen LogP) is 3.49. The Morgan fingerprint density at radius 3 is 2.67 bits per heavy atom. The Morgan fingerprint density at radius 1 is 1.19 bits per heavy atom. The van der Waals surface area contributed by atoms with Gasteiger partial charge in [0.15, 0.2) is 0 Å². The van der Waals surface area contributed by atoms with Gasteiger partial charge in [0.25, 0.3) is 5.91 Å². The number of imidazole rings is 1. The Balaban J connectivity index is 1.77. The minimum atomic E-state index is -0.779. The van der Waals surface area contributed by atoms with Crippen molar-refractivity contribution in [2.75, 3.05) is 5.32 Å². The van der Waals surface area contributed by atoms with Gasteiger partial charge in [-0.05, 0) is 36.2 Å². The van der Waals surface area contributed by atoms with E-state index in [9.17, 15) is 14.0 Å². The minimum Gasteiger partial charge on any atom is -0.340 e. The number of H-pyrrole nitrogens is 1. The molecule has 0 aliphatic heterocycles. The lowest BCUT2D eigenvalue weighted by molar-refractivity contribution is -0.119. The normalized spacial score (nSPS) is 13.1. The summed E-state index contributed by atoms with van der Waals surface area (Å²) in [6, 6.07) is 12.0. The molecular formula is C20H21FN4O2. The number of fused-ring (bicyclic) bond motifs is 1. The smallest absolute Gasteiger partial charge is 0.252 e. The van der Waals surface area contributed by atoms with Crippen LogP contribution in [0.1, 0.15) is 30.6 Å². The number of nitrogens with one attached hydrogen (secondary N) is 3. The number of benzene rings is 2. The first-order valence-electron chi connectivity index (χ1n) is 8.80. The number of rotatable bonds is 6. The van der Waals surface area contributed by atoms with Gasteiger partial charge in [-0.3, -0.25) is 14.9 Å². The molecule has 1 aromatic heterocycles. The van der Waals surface area contributed by atoms with Crippen LogP contribution in [0.3, 0.4) is 0 Å². The summed E-state index contributed by atoms with van der Waals surface area (Å²) in [7, 11) is 0. The summed E-state index contributed by atoms with van der Waals surface area (Å²) >= 11 is 0. The molecule has 140 valence electrons. The minimum absolute atomic E-state index is 0.119. The van der Waals surface area contributed by atoms with E-state index in [-0.39, 0.29) is 17.4 Å². The number of hydrogen-bond donors (Lipinski definition) is 3. The number of aromatic amines is 1. The van der Waals surface area contributed by atoms with E-state index in [1.54, 1.807) is 0 Å². The fourth-order valence-electron chi connectivity index (χ4n) is 2.76. The molecule has 3 aromatic rings. The molecule has 0 bridgehead atoms. The van der Waals surface area contributed by atoms with Crippen molar-refractivity contribution >= 4 is 28.8 Å². The molecule has 2 amide bonds. The fourth-order valence-corrected chi connectivity index (χ4v) is 2.76. The summed E-state index contributed by atoms with van der Waals surface area (Å²) in [5, 5.41) is 5.43. The van der Waals surface area contributed by atoms with E-state index < -0.39 is 17.8 Å². The molecule has 3 N–H and O–H groups in total. The van der Waals surface area contributed by atoms with Gasteiger partial charge in [0.2, 0.25) is 11.9 Å². The van der Waals surface area contributed by atoms with Gasteiger partial charge in [-0.1, -0.05) is 38.5 Å². The Kier molecular flexibility index (Phi) is 5.49. The van der Waals surface area contributed by atoms with E-state index >= 15 is 0 Å². The molecule has 0 unspecified atom stereocenters. The molecule has 2 atom stereocenters. The van der Waals surface area contributed by atoms with Crippen molar-refractivity contribution in [2.45, 2.75) is 26.3 Å². The van der Waals surface area contributed by atoms with E-state index in [0.717, 1.165) is 17.1 Å². The van der Waals surface area contributed by atoms with Gasteiger partial charge >= 0.3 is 0 Å². The number of aromatic nitrogens is 2. The van der Waals surface area contributed by atoms with Gasteiger partial charge < -0.3 is 10.3 Å². The Morgan fingerprint density at radius 2 is 1.96 bits per heavy atom. The molecule has 7 heteroatoms. The van der Waals surface area contributed by atoms with Crippen LogP contribution in [0, 0.1) is 11.7 Å². The summed E-state index contributed by atoms with van der Waals surface area (Å²) in [6.07, 6.45) is 0.682. The van der Waals surface area contributed by atoms with Gasteiger partial charge in [0.05, 0.1) is 11.0 Å². The van der Waals surface area contributed by atoms with Gasteiger partial charge in [-0.2, -0.15) is 0 Å². The second-order valence-corrected chi connectivity index (χ2v) is 6.44. The molecule has 1 heterocycles. The van der Waals surface area contributed by atoms with E-state index in [4.69, 9.17) is 0 Å². The number of para-hydroxylation sites is 2. The third kappa shape index (κ3) is 4.31. The highest BCUT2D eigenvalue weighted by Crippen LogP contribution is 2.16. The summed E-state index contributed by atoms with van der Waals surface area (Å²) in [5.74, 6) is -1.19. The third-order valence-corrected chi connectivity index (χ3v) is 4.50. The van der Waals surface area contributed by atoms with Crippen LogP contribution in [-0.4, -0.2) is 27.8 Å². The van der Waals surface area contributed by atoms with E-state index in [0.29, 0.717) is 12.4 Å². The zero-order valence-corrected chi connectivity index (χ0v) is 15.1. The van der Waals surface area contributed by atoms with Gasteiger partial charge in [-0.15, -0.1) is 0 Å². The van der Waals surface area contributed by atoms with E-state index in [1.165, 1.54) is 18.2 Å². The van der Waals surface area contributed by atoms with Crippen LogP contribution in [0.25, 0.3) is 11.0 Å². The second kappa shape index (κ2) is 7.99. The highest BCUT2D eigenvalue weighted by molar-refractivity contribution is 6.01. The van der Waals surface area contributed by atoms with E-state index in [2.05, 4.69) is 20.6 Å². The largest absolute Gasteiger partial charge is 0.340 e. The zero-order valence-electron chi connectivity index (χ0n) is 15.1. The molecule has 0 aliphatic rings. The molecule has 27 heavy (non-hydrogen) atoms. The van der Waals surface area contributed by atoms with Crippen LogP contribution in [0.2, 0.25) is 0 Å². The number of anilines is 1. The Hall–Kier alpha value is -3.22. The number of halogens is 1. The SMILES string of the molecule is CC[C@@H](C)[C@H](NC(=O)c1cccc(F)c1)C(=O)Nc1nc2ccccc2[nH]1. The van der Waals surface area contributed by atoms with Crippen molar-refractivity contribution in [1.82, 2.24) is 15.3 Å². The van der Waals surface area contributed by atoms with Crippen LogP contribution >= 0.6 is 0 Å². The van der Waals surface area contributed by atoms with E-state index in [1.807, 2.05) is 38.1 Å². The van der Waals surface area contributed by atoms with Crippen molar-refractivity contribution < 1.29 is 14.0 Å². The zero-order chi connectivity index (χ0) is 19.4. The average Bonchev–Trinajstić information content (AvgIpc) is 3.07. The lowest BCUT2D eigenvalue weighted by atomic mass is 9.98. The Labute approximate surface area is 156 Å². The van der Waals surface area contributed by atoms with Crippen LogP contribution in [0.15, 0.2) is 48.5 Å². The second-order valence-electron chi connectivity index (χ2n) is 6.44. The van der Waals surface area contributed by atoms with Gasteiger partial charge in [0, 0.05) is 5.56 Å². The number of hydrogen-bond acceptors (Lipinski definition) is 3. The molecule has 2 aromatic carbocycles. The van der Waals surface area contributed by atoms with Gasteiger partial charge in [-0.25, -0.2) is 9.37 Å². The van der Waals surface area contributed by atoms with Crippen molar-refractivity contribution in [1.29, 1.82) is 0 Å². The van der Waals surface area contributed by atoms with Crippen LogP contribution in [0.4, 0.5) is 10.3 Å². The van der Waals surface area contributed by atoms with Gasteiger partial charge in [0.1, 0.15) is 11.9 Å². The lowest BCUT2D eigenvalue weighted by Gasteiger charge is -2.23. The fraction of sp³-hybridized carbons (Fsp3) is 0.250. The molecule has 0 fully saturated rings. The first-order valence-corrected chi connectivity index (χ1v) is 8.80. The molecule has 6 nitrogen and oxygen atoms in total. The molecule has 0 radical (unpaired) electrons. The first kappa shape index (κ1) is 18.6. The molecular weight excluding hydrogens is 347 g/mol. The van der Waals surface area contributed by atoms with Crippen LogP contribution < -0.4 is 10.6 Å². The highest BCUT2D eigenvalue weighted by Gasteiger charge is 2.27. The summed E-state index contributed by atoms with van der Waals surface area (Å²) in [4.78, 5) is 32.6. The van der Waals surface area contributed by atoms with Crippen LogP contribution in [0.5, 0.6) is 0 Å². The molecule has 3 rings (SSSR count). The van der Waals surface area contributed by atoms with Crippen molar-refractivity contribution in [3.63, 3.8) is 0 Å². The van der Waals surface area contributed by atoms with Crippen molar-refractivity contribution in [2.24, 2.45) is 5.92 Å². The maximum atomic E-state index is 13.4. The highest BCUT2D eigenvalue weighted by atomic mass is 19.1. The first-order chi connectivity index (χ1) is 13.0. The number of nitrogens with zero attached hydrogens (tertiary/aromatic N) is 1. The van der Waals surface area contributed by atoms with Crippen LogP contribution in [-0.2, 0) is 4.79 Å². The monoisotopic (exact) mass is 368 g/mol. The number of carbonyl (C=O) groups is 2. The third-order valence-electron chi connectivity index (χ3n) is 4.50.